The number of aliphatic hydroxyl groups is 1. The fraction of sp³-hybridized carbons (Fsp3) is 0.560. The number of carbonyl (C=O) groups excluding carboxylic acids is 1. The van der Waals surface area contributed by atoms with E-state index in [1.165, 1.54) is 5.56 Å². The third kappa shape index (κ3) is 4.56. The highest BCUT2D eigenvalue weighted by molar-refractivity contribution is 7.11. The number of nitrogens with one attached hydrogen (secondary N) is 2. The van der Waals surface area contributed by atoms with Gasteiger partial charge in [0.05, 0.1) is 28.0 Å². The van der Waals surface area contributed by atoms with Crippen molar-refractivity contribution in [3.05, 3.63) is 39.8 Å². The van der Waals surface area contributed by atoms with Gasteiger partial charge in [-0.05, 0) is 51.2 Å². The van der Waals surface area contributed by atoms with Gasteiger partial charge in [-0.3, -0.25) is 14.4 Å². The van der Waals surface area contributed by atoms with E-state index in [9.17, 15) is 9.90 Å². The van der Waals surface area contributed by atoms with Crippen LogP contribution in [0.1, 0.15) is 48.1 Å². The molecular weight excluding hydrogens is 448 g/mol. The van der Waals surface area contributed by atoms with Crippen LogP contribution in [-0.2, 0) is 23.9 Å². The summed E-state index contributed by atoms with van der Waals surface area (Å²) < 4.78 is 1.84. The maximum absolute atomic E-state index is 12.5. The molecule has 0 atom stereocenters. The number of fused-ring (bicyclic) bond motifs is 1. The largest absolute Gasteiger partial charge is 0.384 e. The molecular formula is C25H34N6O2S. The topological polar surface area (TPSA) is 95.3 Å². The maximum atomic E-state index is 12.5. The van der Waals surface area contributed by atoms with Crippen LogP contribution in [0.15, 0.2) is 24.4 Å². The summed E-state index contributed by atoms with van der Waals surface area (Å²) in [6, 6.07) is 6.88. The molecule has 2 aromatic heterocycles. The SMILES string of the molecule is CCc1ncc([C@]2(O)CC[C@H](N3CC(NC(=O)CNc4nn(C)c5ccc(C)cc45)C3)CC2)s1. The molecule has 5 rings (SSSR count). The van der Waals surface area contributed by atoms with Gasteiger partial charge in [-0.15, -0.1) is 11.3 Å². The molecule has 9 heteroatoms. The number of amides is 1. The predicted molar refractivity (Wildman–Crippen MR) is 135 cm³/mol. The fourth-order valence-electron chi connectivity index (χ4n) is 5.24. The van der Waals surface area contributed by atoms with Crippen molar-refractivity contribution in [1.82, 2.24) is 25.0 Å². The summed E-state index contributed by atoms with van der Waals surface area (Å²) in [6.07, 6.45) is 6.28. The van der Waals surface area contributed by atoms with Gasteiger partial charge in [-0.1, -0.05) is 18.6 Å². The number of hydrogen-bond donors (Lipinski definition) is 3. The molecule has 0 spiro atoms. The first-order valence-corrected chi connectivity index (χ1v) is 13.0. The molecule has 1 aliphatic heterocycles. The molecule has 0 bridgehead atoms. The second kappa shape index (κ2) is 9.28. The molecule has 1 saturated heterocycles. The number of likely N-dealkylation sites (tertiary alicyclic amines) is 1. The van der Waals surface area contributed by atoms with Crippen LogP contribution in [0.2, 0.25) is 0 Å². The highest BCUT2D eigenvalue weighted by Crippen LogP contribution is 2.41. The second-order valence-electron chi connectivity index (χ2n) is 9.80. The van der Waals surface area contributed by atoms with Gasteiger partial charge in [0.2, 0.25) is 5.91 Å². The molecule has 1 amide bonds. The first-order valence-electron chi connectivity index (χ1n) is 12.2. The molecule has 1 aliphatic carbocycles. The summed E-state index contributed by atoms with van der Waals surface area (Å²) in [4.78, 5) is 20.4. The van der Waals surface area contributed by atoms with Crippen molar-refractivity contribution in [1.29, 1.82) is 0 Å². The lowest BCUT2D eigenvalue weighted by atomic mass is 9.80. The summed E-state index contributed by atoms with van der Waals surface area (Å²) in [6.45, 7) is 6.11. The molecule has 2 aliphatic rings. The van der Waals surface area contributed by atoms with Crippen molar-refractivity contribution in [2.75, 3.05) is 25.0 Å². The zero-order valence-electron chi connectivity index (χ0n) is 20.2. The van der Waals surface area contributed by atoms with Gasteiger partial charge in [0, 0.05) is 37.8 Å². The van der Waals surface area contributed by atoms with Crippen LogP contribution in [0.5, 0.6) is 0 Å². The van der Waals surface area contributed by atoms with Crippen molar-refractivity contribution in [3.63, 3.8) is 0 Å². The van der Waals surface area contributed by atoms with E-state index in [0.717, 1.165) is 71.8 Å². The Balaban J connectivity index is 1.07. The summed E-state index contributed by atoms with van der Waals surface area (Å²) >= 11 is 1.65. The van der Waals surface area contributed by atoms with Gasteiger partial charge in [0.15, 0.2) is 5.82 Å². The molecule has 3 heterocycles. The average Bonchev–Trinajstić information content (AvgIpc) is 3.40. The summed E-state index contributed by atoms with van der Waals surface area (Å²) in [5, 5.41) is 24.1. The number of anilines is 1. The van der Waals surface area contributed by atoms with E-state index in [1.807, 2.05) is 17.9 Å². The number of carbonyl (C=O) groups is 1. The smallest absolute Gasteiger partial charge is 0.239 e. The third-order valence-electron chi connectivity index (χ3n) is 7.31. The van der Waals surface area contributed by atoms with Crippen LogP contribution in [0.3, 0.4) is 0 Å². The van der Waals surface area contributed by atoms with Crippen molar-refractivity contribution in [3.8, 4) is 0 Å². The molecule has 8 nitrogen and oxygen atoms in total. The minimum absolute atomic E-state index is 0.00829. The summed E-state index contributed by atoms with van der Waals surface area (Å²) in [5.41, 5.74) is 1.49. The Morgan fingerprint density at radius 3 is 2.76 bits per heavy atom. The summed E-state index contributed by atoms with van der Waals surface area (Å²) in [5.74, 6) is 0.735. The lowest BCUT2D eigenvalue weighted by Gasteiger charge is -2.48. The first kappa shape index (κ1) is 23.3. The normalized spacial score (nSPS) is 23.7. The Hall–Kier alpha value is -2.49. The fourth-order valence-corrected chi connectivity index (χ4v) is 6.24. The van der Waals surface area contributed by atoms with E-state index in [1.54, 1.807) is 11.3 Å². The molecule has 0 radical (unpaired) electrons. The Kier molecular flexibility index (Phi) is 6.35. The van der Waals surface area contributed by atoms with Gasteiger partial charge in [0.25, 0.3) is 0 Å². The Morgan fingerprint density at radius 2 is 2.06 bits per heavy atom. The van der Waals surface area contributed by atoms with E-state index in [2.05, 4.69) is 57.7 Å². The first-order chi connectivity index (χ1) is 16.3. The summed E-state index contributed by atoms with van der Waals surface area (Å²) in [7, 11) is 1.91. The van der Waals surface area contributed by atoms with Crippen LogP contribution >= 0.6 is 11.3 Å². The zero-order chi connectivity index (χ0) is 23.9. The van der Waals surface area contributed by atoms with Crippen molar-refractivity contribution in [2.24, 2.45) is 7.05 Å². The van der Waals surface area contributed by atoms with Crippen molar-refractivity contribution < 1.29 is 9.90 Å². The molecule has 182 valence electrons. The van der Waals surface area contributed by atoms with E-state index < -0.39 is 5.60 Å². The van der Waals surface area contributed by atoms with Crippen molar-refractivity contribution in [2.45, 2.75) is 63.6 Å². The molecule has 1 saturated carbocycles. The number of nitrogens with zero attached hydrogens (tertiary/aromatic N) is 4. The number of aromatic nitrogens is 3. The van der Waals surface area contributed by atoms with E-state index in [4.69, 9.17) is 0 Å². The Bertz CT molecular complexity index is 1170. The molecule has 3 N–H and O–H groups in total. The highest BCUT2D eigenvalue weighted by Gasteiger charge is 2.41. The Morgan fingerprint density at radius 1 is 1.29 bits per heavy atom. The minimum Gasteiger partial charge on any atom is -0.384 e. The quantitative estimate of drug-likeness (QED) is 0.479. The van der Waals surface area contributed by atoms with Gasteiger partial charge in [-0.2, -0.15) is 5.10 Å². The van der Waals surface area contributed by atoms with E-state index in [-0.39, 0.29) is 18.5 Å². The minimum atomic E-state index is -0.722. The van der Waals surface area contributed by atoms with Gasteiger partial charge in [-0.25, -0.2) is 4.98 Å². The molecule has 2 fully saturated rings. The number of benzene rings is 1. The monoisotopic (exact) mass is 482 g/mol. The van der Waals surface area contributed by atoms with Crippen LogP contribution < -0.4 is 10.6 Å². The van der Waals surface area contributed by atoms with E-state index >= 15 is 0 Å². The maximum Gasteiger partial charge on any atom is 0.239 e. The number of aryl methyl sites for hydroxylation is 3. The third-order valence-corrected chi connectivity index (χ3v) is 8.65. The lowest BCUT2D eigenvalue weighted by molar-refractivity contribution is -0.121. The van der Waals surface area contributed by atoms with Gasteiger partial charge >= 0.3 is 0 Å². The predicted octanol–water partition coefficient (Wildman–Crippen LogP) is 2.94. The number of thiazole rings is 1. The molecule has 1 aromatic carbocycles. The van der Waals surface area contributed by atoms with E-state index in [0.29, 0.717) is 6.04 Å². The lowest BCUT2D eigenvalue weighted by Crippen LogP contribution is -2.63. The second-order valence-corrected chi connectivity index (χ2v) is 10.9. The highest BCUT2D eigenvalue weighted by atomic mass is 32.1. The number of hydrogen-bond acceptors (Lipinski definition) is 7. The van der Waals surface area contributed by atoms with Gasteiger partial charge in [0.1, 0.15) is 5.60 Å². The van der Waals surface area contributed by atoms with Crippen LogP contribution in [0.4, 0.5) is 5.82 Å². The zero-order valence-corrected chi connectivity index (χ0v) is 21.0. The molecule has 3 aromatic rings. The number of rotatable bonds is 7. The van der Waals surface area contributed by atoms with Crippen LogP contribution in [0.25, 0.3) is 10.9 Å². The standard InChI is InChI=1S/C25H34N6O2S/c1-4-23-26-12-21(34-23)25(33)9-7-18(8-10-25)31-14-17(15-31)28-22(32)13-27-24-19-11-16(2)5-6-20(19)30(3)29-24/h5-6,11-12,17-18,33H,4,7-10,13-15H2,1-3H3,(H,27,29)(H,28,32)/t18-,25-. The van der Waals surface area contributed by atoms with Crippen molar-refractivity contribution >= 4 is 34.0 Å². The van der Waals surface area contributed by atoms with Gasteiger partial charge < -0.3 is 15.7 Å². The Labute approximate surface area is 204 Å². The molecule has 0 unspecified atom stereocenters. The average molecular weight is 483 g/mol. The van der Waals surface area contributed by atoms with Crippen LogP contribution in [0, 0.1) is 6.92 Å². The molecule has 34 heavy (non-hydrogen) atoms. The van der Waals surface area contributed by atoms with Crippen LogP contribution in [-0.4, -0.2) is 62.4 Å².